The molecule has 6 aromatic rings. The van der Waals surface area contributed by atoms with Crippen molar-refractivity contribution in [1.29, 1.82) is 0 Å². The molecule has 6 rings (SSSR count). The fourth-order valence-corrected chi connectivity index (χ4v) is 10.1. The van der Waals surface area contributed by atoms with Crippen molar-refractivity contribution in [3.8, 4) is 33.4 Å². The molecule has 0 saturated heterocycles. The summed E-state index contributed by atoms with van der Waals surface area (Å²) in [5.74, 6) is 0. The van der Waals surface area contributed by atoms with Crippen LogP contribution >= 0.6 is 69.6 Å². The number of rotatable bonds is 11. The van der Waals surface area contributed by atoms with E-state index in [1.807, 2.05) is 0 Å². The van der Waals surface area contributed by atoms with Gasteiger partial charge < -0.3 is 10.6 Å². The molecule has 0 aliphatic carbocycles. The number of nitrogens with one attached hydrogen (secondary N) is 2. The van der Waals surface area contributed by atoms with Crippen molar-refractivity contribution in [1.82, 2.24) is 0 Å². The Morgan fingerprint density at radius 1 is 0.385 bits per heavy atom. The van der Waals surface area contributed by atoms with E-state index in [0.29, 0.717) is 30.1 Å². The van der Waals surface area contributed by atoms with Crippen LogP contribution < -0.4 is 21.0 Å². The van der Waals surface area contributed by atoms with Gasteiger partial charge in [0.05, 0.1) is 30.1 Å². The molecule has 2 N–H and O–H groups in total. The van der Waals surface area contributed by atoms with Crippen LogP contribution in [0, 0.1) is 0 Å². The molecule has 6 aromatic carbocycles. The van der Waals surface area contributed by atoms with Gasteiger partial charge in [0.1, 0.15) is 0 Å². The third kappa shape index (κ3) is 8.11. The van der Waals surface area contributed by atoms with Gasteiger partial charge in [0.25, 0.3) is 0 Å². The second kappa shape index (κ2) is 17.1. The van der Waals surface area contributed by atoms with Gasteiger partial charge in [0, 0.05) is 54.4 Å². The van der Waals surface area contributed by atoms with Gasteiger partial charge in [-0.15, -0.1) is 0 Å². The highest BCUT2D eigenvalue weighted by molar-refractivity contribution is 6.56. The van der Waals surface area contributed by atoms with Crippen LogP contribution in [0.5, 0.6) is 0 Å². The van der Waals surface area contributed by atoms with Crippen molar-refractivity contribution >= 4 is 123 Å². The molecule has 0 fully saturated rings. The van der Waals surface area contributed by atoms with E-state index < -0.39 is 0 Å². The highest BCUT2D eigenvalue weighted by atomic mass is 35.5. The summed E-state index contributed by atoms with van der Waals surface area (Å²) in [6.45, 7) is 4.32. The summed E-state index contributed by atoms with van der Waals surface area (Å²) in [7, 11) is 1.60. The molecule has 0 unspecified atom stereocenters. The number of hydrogen-bond acceptors (Lipinski definition) is 2. The van der Waals surface area contributed by atoms with Crippen LogP contribution in [-0.4, -0.2) is 20.5 Å². The van der Waals surface area contributed by atoms with Gasteiger partial charge >= 0.3 is 0 Å². The summed E-state index contributed by atoms with van der Waals surface area (Å²) in [6, 6.07) is 33.5. The van der Waals surface area contributed by atoms with E-state index in [-0.39, 0.29) is 0 Å². The lowest BCUT2D eigenvalue weighted by Gasteiger charge is -2.18. The third-order valence-corrected chi connectivity index (χ3v) is 15.1. The van der Waals surface area contributed by atoms with E-state index in [0.717, 1.165) is 113 Å². The average molecular weight is 840 g/mol. The van der Waals surface area contributed by atoms with Gasteiger partial charge in [0.2, 0.25) is 0 Å². The topological polar surface area (TPSA) is 24.1 Å². The van der Waals surface area contributed by atoms with E-state index in [4.69, 9.17) is 69.6 Å². The third-order valence-electron chi connectivity index (χ3n) is 9.40. The minimum absolute atomic E-state index is 0.436. The van der Waals surface area contributed by atoms with E-state index in [9.17, 15) is 0 Å². The van der Waals surface area contributed by atoms with E-state index in [1.54, 1.807) is 0 Å². The summed E-state index contributed by atoms with van der Waals surface area (Å²) in [4.78, 5) is 0. The zero-order valence-corrected chi connectivity index (χ0v) is 37.9. The maximum Gasteiger partial charge on any atom is 0.0783 e. The summed E-state index contributed by atoms with van der Waals surface area (Å²) >= 11 is 39.6. The van der Waals surface area contributed by atoms with E-state index in [2.05, 4.69) is 122 Å². The molecule has 0 atom stereocenters. The summed E-state index contributed by atoms with van der Waals surface area (Å²) in [5, 5.41) is 12.4. The summed E-state index contributed by atoms with van der Waals surface area (Å²) < 4.78 is 0. The van der Waals surface area contributed by atoms with E-state index in [1.165, 1.54) is 11.1 Å². The first kappa shape index (κ1) is 38.8. The monoisotopic (exact) mass is 836 g/mol. The Labute approximate surface area is 342 Å². The van der Waals surface area contributed by atoms with Crippen LogP contribution in [0.1, 0.15) is 37.8 Å². The van der Waals surface area contributed by atoms with Crippen molar-refractivity contribution < 1.29 is 0 Å². The molecule has 0 bridgehead atoms. The standard InChI is InChI=1S/C42H38Cl6N2Si2/c1-3-5-31-33(35(43)37(45)39(47)41(31)51)25-11-19-29(20-12-25)49-27-15-7-23(8-16-27)24-9-17-28(18-10-24)50-30-21-13-26(14-22-30)34-32(6-4-2)42(52)40(48)38(46)36(34)44/h7-22,49-50H,3-6H2,1-2,51-52H3. The Morgan fingerprint density at radius 2 is 0.654 bits per heavy atom. The first-order valence-electron chi connectivity index (χ1n) is 17.3. The lowest BCUT2D eigenvalue weighted by atomic mass is 9.96. The highest BCUT2D eigenvalue weighted by Gasteiger charge is 2.21. The molecule has 0 aliphatic rings. The van der Waals surface area contributed by atoms with Crippen LogP contribution in [0.25, 0.3) is 33.4 Å². The van der Waals surface area contributed by atoms with Gasteiger partial charge in [-0.05, 0) is 105 Å². The largest absolute Gasteiger partial charge is 0.356 e. The Kier molecular flexibility index (Phi) is 12.7. The molecule has 0 aromatic heterocycles. The molecule has 0 amide bonds. The van der Waals surface area contributed by atoms with Crippen LogP contribution in [0.4, 0.5) is 22.7 Å². The van der Waals surface area contributed by atoms with Gasteiger partial charge in [-0.3, -0.25) is 0 Å². The normalized spacial score (nSPS) is 11.3. The van der Waals surface area contributed by atoms with Crippen LogP contribution in [0.2, 0.25) is 30.1 Å². The average Bonchev–Trinajstić information content (AvgIpc) is 3.16. The quantitative estimate of drug-likeness (QED) is 0.100. The Bertz CT molecular complexity index is 2060. The van der Waals surface area contributed by atoms with Crippen LogP contribution in [0.3, 0.4) is 0 Å². The zero-order valence-electron chi connectivity index (χ0n) is 29.3. The second-order valence-corrected chi connectivity index (χ2v) is 17.2. The fourth-order valence-electron chi connectivity index (χ4n) is 6.64. The number of benzene rings is 6. The molecule has 10 heteroatoms. The van der Waals surface area contributed by atoms with Gasteiger partial charge in [0.15, 0.2) is 0 Å². The molecule has 52 heavy (non-hydrogen) atoms. The van der Waals surface area contributed by atoms with Gasteiger partial charge in [-0.2, -0.15) is 0 Å². The minimum atomic E-state index is 0.436. The van der Waals surface area contributed by atoms with Crippen LogP contribution in [0.15, 0.2) is 97.1 Å². The first-order chi connectivity index (χ1) is 25.0. The molecule has 0 heterocycles. The van der Waals surface area contributed by atoms with Crippen LogP contribution in [-0.2, 0) is 12.8 Å². The highest BCUT2D eigenvalue weighted by Crippen LogP contribution is 2.42. The smallest absolute Gasteiger partial charge is 0.0783 e. The lowest BCUT2D eigenvalue weighted by molar-refractivity contribution is 0.929. The Morgan fingerprint density at radius 3 is 0.923 bits per heavy atom. The van der Waals surface area contributed by atoms with Crippen molar-refractivity contribution in [2.75, 3.05) is 10.6 Å². The summed E-state index contributed by atoms with van der Waals surface area (Å²) in [6.07, 6.45) is 3.81. The van der Waals surface area contributed by atoms with Crippen molar-refractivity contribution in [2.24, 2.45) is 0 Å². The SMILES string of the molecule is CCCc1c([SiH3])c(Cl)c(Cl)c(Cl)c1-c1ccc(Nc2ccc(-c3ccc(Nc4ccc(-c5c(Cl)c(Cl)c(Cl)c([SiH3])c5CCC)cc4)cc3)cc2)cc1. The number of halogens is 6. The Balaban J connectivity index is 1.12. The predicted octanol–water partition coefficient (Wildman–Crippen LogP) is 12.0. The fraction of sp³-hybridized carbons (Fsp3) is 0.143. The van der Waals surface area contributed by atoms with Crippen molar-refractivity contribution in [2.45, 2.75) is 39.5 Å². The number of anilines is 4. The second-order valence-electron chi connectivity index (χ2n) is 12.9. The zero-order chi connectivity index (χ0) is 37.1. The molecule has 0 aliphatic heterocycles. The molecular formula is C42H38Cl6N2Si2. The molecule has 0 saturated carbocycles. The van der Waals surface area contributed by atoms with Gasteiger partial charge in [-0.1, -0.05) is 145 Å². The Hall–Kier alpha value is -2.91. The molecule has 2 nitrogen and oxygen atoms in total. The maximum absolute atomic E-state index is 6.75. The maximum atomic E-state index is 6.75. The summed E-state index contributed by atoms with van der Waals surface area (Å²) in [5.41, 5.74) is 12.7. The molecule has 0 spiro atoms. The molecular weight excluding hydrogens is 801 g/mol. The minimum Gasteiger partial charge on any atom is -0.356 e. The first-order valence-corrected chi connectivity index (χ1v) is 21.6. The van der Waals surface area contributed by atoms with Gasteiger partial charge in [-0.25, -0.2) is 0 Å². The predicted molar refractivity (Wildman–Crippen MR) is 239 cm³/mol. The molecule has 0 radical (unpaired) electrons. The van der Waals surface area contributed by atoms with Crippen molar-refractivity contribution in [3.05, 3.63) is 138 Å². The van der Waals surface area contributed by atoms with Crippen molar-refractivity contribution in [3.63, 3.8) is 0 Å². The van der Waals surface area contributed by atoms with E-state index >= 15 is 0 Å². The number of hydrogen-bond donors (Lipinski definition) is 2. The molecule has 266 valence electrons. The lowest BCUT2D eigenvalue weighted by Crippen LogP contribution is -2.15.